The van der Waals surface area contributed by atoms with E-state index in [9.17, 15) is 14.0 Å². The minimum absolute atomic E-state index is 0.116. The summed E-state index contributed by atoms with van der Waals surface area (Å²) < 4.78 is 21.3. The van der Waals surface area contributed by atoms with Crippen LogP contribution in [-0.4, -0.2) is 20.7 Å². The summed E-state index contributed by atoms with van der Waals surface area (Å²) >= 11 is 0. The van der Waals surface area contributed by atoms with Crippen molar-refractivity contribution in [2.45, 2.75) is 0 Å². The number of anilines is 2. The molecule has 0 saturated carbocycles. The third kappa shape index (κ3) is 4.21. The van der Waals surface area contributed by atoms with Crippen molar-refractivity contribution in [3.63, 3.8) is 0 Å². The van der Waals surface area contributed by atoms with Gasteiger partial charge in [0.15, 0.2) is 17.4 Å². The van der Waals surface area contributed by atoms with Crippen molar-refractivity contribution in [3.05, 3.63) is 108 Å². The van der Waals surface area contributed by atoms with Crippen molar-refractivity contribution in [3.8, 4) is 28.3 Å². The number of nitrogens with one attached hydrogen (secondary N) is 2. The van der Waals surface area contributed by atoms with Crippen LogP contribution >= 0.6 is 0 Å². The molecule has 3 aromatic carbocycles. The number of para-hydroxylation sites is 1. The lowest BCUT2D eigenvalue weighted by Crippen LogP contribution is -2.13. The smallest absolute Gasteiger partial charge is 0.289 e. The highest BCUT2D eigenvalue weighted by molar-refractivity contribution is 6.03. The first-order valence-corrected chi connectivity index (χ1v) is 10.9. The quantitative estimate of drug-likeness (QED) is 0.295. The predicted molar refractivity (Wildman–Crippen MR) is 137 cm³/mol. The van der Waals surface area contributed by atoms with Gasteiger partial charge in [-0.1, -0.05) is 36.9 Å². The summed E-state index contributed by atoms with van der Waals surface area (Å²) in [4.78, 5) is 24.6. The lowest BCUT2D eigenvalue weighted by molar-refractivity contribution is -0.111. The highest BCUT2D eigenvalue weighted by Gasteiger charge is 2.18. The standard InChI is InChI=1S/C27H20FN5O3/c1-2-23(34)30-17-6-5-7-18(14-17)33-15-20(24-25(33)27(35)32-31-26(24)29)16-10-12-19(13-11-16)36-22-9-4-3-8-21(22)28/h2-15H,1H2,(H2,29,31)(H,30,34)(H,32,35). The van der Waals surface area contributed by atoms with Crippen LogP contribution in [-0.2, 0) is 4.79 Å². The first-order valence-electron chi connectivity index (χ1n) is 10.9. The van der Waals surface area contributed by atoms with E-state index in [0.717, 1.165) is 5.56 Å². The van der Waals surface area contributed by atoms with E-state index in [2.05, 4.69) is 22.1 Å². The number of halogens is 1. The molecule has 0 unspecified atom stereocenters. The Balaban J connectivity index is 1.59. The van der Waals surface area contributed by atoms with Crippen LogP contribution in [0.3, 0.4) is 0 Å². The van der Waals surface area contributed by atoms with Gasteiger partial charge in [-0.2, -0.15) is 5.10 Å². The van der Waals surface area contributed by atoms with Gasteiger partial charge in [0.2, 0.25) is 5.91 Å². The monoisotopic (exact) mass is 481 g/mol. The van der Waals surface area contributed by atoms with Crippen molar-refractivity contribution in [2.24, 2.45) is 0 Å². The van der Waals surface area contributed by atoms with E-state index in [4.69, 9.17) is 10.5 Å². The molecule has 2 aromatic heterocycles. The summed E-state index contributed by atoms with van der Waals surface area (Å²) in [5, 5.41) is 9.55. The van der Waals surface area contributed by atoms with Gasteiger partial charge in [-0.3, -0.25) is 9.59 Å². The van der Waals surface area contributed by atoms with Crippen LogP contribution < -0.4 is 21.3 Å². The van der Waals surface area contributed by atoms with Gasteiger partial charge in [0.25, 0.3) is 5.56 Å². The highest BCUT2D eigenvalue weighted by Crippen LogP contribution is 2.35. The Morgan fingerprint density at radius 3 is 2.64 bits per heavy atom. The van der Waals surface area contributed by atoms with Crippen LogP contribution in [0.5, 0.6) is 11.5 Å². The number of H-pyrrole nitrogens is 1. The van der Waals surface area contributed by atoms with Crippen molar-refractivity contribution in [1.82, 2.24) is 14.8 Å². The maximum atomic E-state index is 13.9. The SMILES string of the molecule is C=CC(=O)Nc1cccc(-n2cc(-c3ccc(Oc4ccccc4F)cc3)c3c(N)n[nH]c(=O)c32)c1. The Bertz CT molecular complexity index is 1670. The van der Waals surface area contributed by atoms with Crippen LogP contribution in [0.15, 0.2) is 96.4 Å². The number of carbonyl (C=O) groups excluding carboxylic acids is 1. The Morgan fingerprint density at radius 2 is 1.89 bits per heavy atom. The third-order valence-electron chi connectivity index (χ3n) is 5.56. The maximum absolute atomic E-state index is 13.9. The molecule has 0 saturated heterocycles. The van der Waals surface area contributed by atoms with Crippen LogP contribution in [0.2, 0.25) is 0 Å². The van der Waals surface area contributed by atoms with Crippen molar-refractivity contribution in [2.75, 3.05) is 11.1 Å². The minimum Gasteiger partial charge on any atom is -0.454 e. The zero-order valence-corrected chi connectivity index (χ0v) is 18.9. The average Bonchev–Trinajstić information content (AvgIpc) is 3.30. The number of aromatic amines is 1. The molecule has 178 valence electrons. The average molecular weight is 481 g/mol. The molecule has 0 aliphatic rings. The molecule has 36 heavy (non-hydrogen) atoms. The molecule has 9 heteroatoms. The Kier molecular flexibility index (Phi) is 5.79. The van der Waals surface area contributed by atoms with Crippen LogP contribution in [0, 0.1) is 5.82 Å². The van der Waals surface area contributed by atoms with Gasteiger partial charge in [0, 0.05) is 23.1 Å². The fraction of sp³-hybridized carbons (Fsp3) is 0. The fourth-order valence-electron chi connectivity index (χ4n) is 3.91. The van der Waals surface area contributed by atoms with Gasteiger partial charge >= 0.3 is 0 Å². The number of rotatable bonds is 6. The summed E-state index contributed by atoms with van der Waals surface area (Å²) in [6.07, 6.45) is 2.95. The number of hydrogen-bond donors (Lipinski definition) is 3. The lowest BCUT2D eigenvalue weighted by Gasteiger charge is -2.08. The predicted octanol–water partition coefficient (Wildman–Crippen LogP) is 5.02. The summed E-state index contributed by atoms with van der Waals surface area (Å²) in [6.45, 7) is 3.46. The van der Waals surface area contributed by atoms with E-state index in [1.165, 1.54) is 12.1 Å². The molecule has 2 heterocycles. The molecule has 8 nitrogen and oxygen atoms in total. The third-order valence-corrected chi connectivity index (χ3v) is 5.56. The normalized spacial score (nSPS) is 10.8. The molecule has 0 radical (unpaired) electrons. The first kappa shape index (κ1) is 22.6. The number of nitrogens with zero attached hydrogens (tertiary/aromatic N) is 2. The number of aromatic nitrogens is 3. The number of amides is 1. The van der Waals surface area contributed by atoms with E-state index >= 15 is 0 Å². The van der Waals surface area contributed by atoms with E-state index in [0.29, 0.717) is 33.6 Å². The van der Waals surface area contributed by atoms with Crippen LogP contribution in [0.25, 0.3) is 27.7 Å². The summed E-state index contributed by atoms with van der Waals surface area (Å²) in [5.74, 6) is -0.1000. The Morgan fingerprint density at radius 1 is 1.11 bits per heavy atom. The number of nitrogens with two attached hydrogens (primary N) is 1. The number of carbonyl (C=O) groups is 1. The van der Waals surface area contributed by atoms with Gasteiger partial charge in [0.1, 0.15) is 11.3 Å². The zero-order valence-electron chi connectivity index (χ0n) is 18.9. The molecule has 0 atom stereocenters. The number of nitrogen functional groups attached to an aromatic ring is 1. The largest absolute Gasteiger partial charge is 0.454 e. The molecule has 4 N–H and O–H groups in total. The second-order valence-electron chi connectivity index (χ2n) is 7.87. The molecular formula is C27H20FN5O3. The number of hydrogen-bond acceptors (Lipinski definition) is 5. The van der Waals surface area contributed by atoms with Gasteiger partial charge in [0.05, 0.1) is 5.39 Å². The van der Waals surface area contributed by atoms with E-state index < -0.39 is 11.4 Å². The minimum atomic E-state index is -0.464. The van der Waals surface area contributed by atoms with Crippen LogP contribution in [0.4, 0.5) is 15.9 Å². The van der Waals surface area contributed by atoms with E-state index in [1.807, 2.05) is 0 Å². The number of fused-ring (bicyclic) bond motifs is 1. The second-order valence-corrected chi connectivity index (χ2v) is 7.87. The molecule has 0 aliphatic heterocycles. The molecule has 0 fully saturated rings. The number of benzene rings is 3. The number of ether oxygens (including phenoxy) is 1. The van der Waals surface area contributed by atoms with Gasteiger partial charge < -0.3 is 20.4 Å². The second kappa shape index (κ2) is 9.22. The van der Waals surface area contributed by atoms with Crippen molar-refractivity contribution >= 4 is 28.3 Å². The molecule has 5 aromatic rings. The molecular weight excluding hydrogens is 461 g/mol. The Labute approximate surface area is 204 Å². The van der Waals surface area contributed by atoms with E-state index in [-0.39, 0.29) is 17.5 Å². The maximum Gasteiger partial charge on any atom is 0.289 e. The topological polar surface area (TPSA) is 115 Å². The summed E-state index contributed by atoms with van der Waals surface area (Å²) in [6, 6.07) is 20.1. The van der Waals surface area contributed by atoms with Crippen molar-refractivity contribution in [1.29, 1.82) is 0 Å². The molecule has 0 bridgehead atoms. The van der Waals surface area contributed by atoms with Gasteiger partial charge in [-0.15, -0.1) is 0 Å². The molecule has 1 amide bonds. The molecule has 5 rings (SSSR count). The van der Waals surface area contributed by atoms with Crippen LogP contribution in [0.1, 0.15) is 0 Å². The highest BCUT2D eigenvalue weighted by atomic mass is 19.1. The molecule has 0 aliphatic carbocycles. The fourth-order valence-corrected chi connectivity index (χ4v) is 3.91. The zero-order chi connectivity index (χ0) is 25.2. The lowest BCUT2D eigenvalue weighted by atomic mass is 10.1. The van der Waals surface area contributed by atoms with Crippen molar-refractivity contribution < 1.29 is 13.9 Å². The van der Waals surface area contributed by atoms with E-state index in [1.54, 1.807) is 77.5 Å². The van der Waals surface area contributed by atoms with Gasteiger partial charge in [-0.05, 0) is 54.1 Å². The molecule has 0 spiro atoms. The summed E-state index contributed by atoms with van der Waals surface area (Å²) in [7, 11) is 0. The van der Waals surface area contributed by atoms with Gasteiger partial charge in [-0.25, -0.2) is 9.49 Å². The Hall–Kier alpha value is -5.18. The summed E-state index contributed by atoms with van der Waals surface area (Å²) in [5.41, 5.74) is 8.64. The first-order chi connectivity index (χ1) is 17.4.